The molecule has 0 aromatic heterocycles. The average Bonchev–Trinajstić information content (AvgIpc) is 2.72. The van der Waals surface area contributed by atoms with Crippen molar-refractivity contribution < 1.29 is 9.59 Å². The Morgan fingerprint density at radius 3 is 2.20 bits per heavy atom. The summed E-state index contributed by atoms with van der Waals surface area (Å²) in [5.74, 6) is -0.0302. The number of carbonyl (C=O) groups excluding carboxylic acids is 2. The predicted octanol–water partition coefficient (Wildman–Crippen LogP) is 5.54. The zero-order valence-electron chi connectivity index (χ0n) is 18.5. The smallest absolute Gasteiger partial charge is 0.224 e. The first kappa shape index (κ1) is 23.6. The molecule has 2 N–H and O–H groups in total. The fourth-order valence-electron chi connectivity index (χ4n) is 3.36. The van der Waals surface area contributed by atoms with E-state index in [1.54, 1.807) is 0 Å². The summed E-state index contributed by atoms with van der Waals surface area (Å²) in [5, 5.41) is 5.78. The number of amides is 2. The number of nitrogens with zero attached hydrogens (tertiary/aromatic N) is 1. The molecule has 2 aromatic rings. The first-order valence-electron chi connectivity index (χ1n) is 10.9. The molecule has 0 saturated heterocycles. The van der Waals surface area contributed by atoms with E-state index in [2.05, 4.69) is 29.5 Å². The minimum Gasteiger partial charge on any atom is -0.326 e. The van der Waals surface area contributed by atoms with Crippen LogP contribution in [0, 0.1) is 0 Å². The SMILES string of the molecule is CCCCCN(C)CCCCC(=O)Nc1ccc(-c2cccc(NC(C)=O)c2)cc1. The number of hydrogen-bond donors (Lipinski definition) is 2. The van der Waals surface area contributed by atoms with E-state index in [-0.39, 0.29) is 11.8 Å². The third-order valence-corrected chi connectivity index (χ3v) is 5.02. The van der Waals surface area contributed by atoms with Crippen LogP contribution in [0.2, 0.25) is 0 Å². The molecule has 0 aliphatic carbocycles. The predicted molar refractivity (Wildman–Crippen MR) is 126 cm³/mol. The Morgan fingerprint density at radius 2 is 1.53 bits per heavy atom. The van der Waals surface area contributed by atoms with Gasteiger partial charge in [0.15, 0.2) is 0 Å². The second kappa shape index (κ2) is 12.8. The molecule has 0 saturated carbocycles. The van der Waals surface area contributed by atoms with Crippen LogP contribution in [0.15, 0.2) is 48.5 Å². The zero-order chi connectivity index (χ0) is 21.8. The maximum absolute atomic E-state index is 12.2. The molecule has 0 bridgehead atoms. The van der Waals surface area contributed by atoms with Gasteiger partial charge < -0.3 is 15.5 Å². The summed E-state index contributed by atoms with van der Waals surface area (Å²) in [6.07, 6.45) is 6.27. The molecule has 162 valence electrons. The van der Waals surface area contributed by atoms with Crippen LogP contribution in [-0.4, -0.2) is 36.9 Å². The highest BCUT2D eigenvalue weighted by atomic mass is 16.2. The number of rotatable bonds is 12. The van der Waals surface area contributed by atoms with Crippen molar-refractivity contribution in [3.63, 3.8) is 0 Å². The first-order valence-corrected chi connectivity index (χ1v) is 10.9. The summed E-state index contributed by atoms with van der Waals surface area (Å²) in [5.41, 5.74) is 3.63. The van der Waals surface area contributed by atoms with E-state index in [1.807, 2.05) is 48.5 Å². The lowest BCUT2D eigenvalue weighted by molar-refractivity contribution is -0.116. The highest BCUT2D eigenvalue weighted by molar-refractivity contribution is 5.91. The molecule has 0 heterocycles. The third kappa shape index (κ3) is 8.78. The molecular formula is C25H35N3O2. The second-order valence-electron chi connectivity index (χ2n) is 7.86. The maximum Gasteiger partial charge on any atom is 0.224 e. The van der Waals surface area contributed by atoms with Crippen LogP contribution in [0.4, 0.5) is 11.4 Å². The topological polar surface area (TPSA) is 61.4 Å². The van der Waals surface area contributed by atoms with E-state index in [9.17, 15) is 9.59 Å². The minimum atomic E-state index is -0.0895. The molecular weight excluding hydrogens is 374 g/mol. The molecule has 0 spiro atoms. The average molecular weight is 410 g/mol. The van der Waals surface area contributed by atoms with E-state index in [0.29, 0.717) is 6.42 Å². The number of nitrogens with one attached hydrogen (secondary N) is 2. The van der Waals surface area contributed by atoms with Crippen LogP contribution in [0.25, 0.3) is 11.1 Å². The summed E-state index contributed by atoms with van der Waals surface area (Å²) >= 11 is 0. The molecule has 2 amide bonds. The molecule has 2 aromatic carbocycles. The standard InChI is InChI=1S/C25H35N3O2/c1-4-5-7-17-28(3)18-8-6-12-25(30)27-23-15-13-21(14-16-23)22-10-9-11-24(19-22)26-20(2)29/h9-11,13-16,19H,4-8,12,17-18H2,1-3H3,(H,26,29)(H,27,30). The van der Waals surface area contributed by atoms with E-state index in [0.717, 1.165) is 48.4 Å². The van der Waals surface area contributed by atoms with Gasteiger partial charge in [-0.15, -0.1) is 0 Å². The summed E-state index contributed by atoms with van der Waals surface area (Å²) in [6, 6.07) is 15.5. The van der Waals surface area contributed by atoms with Crippen molar-refractivity contribution in [2.75, 3.05) is 30.8 Å². The van der Waals surface area contributed by atoms with Crippen molar-refractivity contribution in [3.05, 3.63) is 48.5 Å². The normalized spacial score (nSPS) is 10.8. The lowest BCUT2D eigenvalue weighted by atomic mass is 10.0. The lowest BCUT2D eigenvalue weighted by Crippen LogP contribution is -2.21. The van der Waals surface area contributed by atoms with Crippen LogP contribution < -0.4 is 10.6 Å². The quantitative estimate of drug-likeness (QED) is 0.452. The molecule has 5 heteroatoms. The van der Waals surface area contributed by atoms with Gasteiger partial charge in [-0.05, 0) is 74.8 Å². The van der Waals surface area contributed by atoms with Gasteiger partial charge >= 0.3 is 0 Å². The number of unbranched alkanes of at least 4 members (excludes halogenated alkanes) is 3. The zero-order valence-corrected chi connectivity index (χ0v) is 18.5. The highest BCUT2D eigenvalue weighted by Gasteiger charge is 2.05. The van der Waals surface area contributed by atoms with Gasteiger partial charge in [0, 0.05) is 24.7 Å². The van der Waals surface area contributed by atoms with E-state index < -0.39 is 0 Å². The summed E-state index contributed by atoms with van der Waals surface area (Å²) in [7, 11) is 2.16. The van der Waals surface area contributed by atoms with Gasteiger partial charge in [0.2, 0.25) is 11.8 Å². The number of hydrogen-bond acceptors (Lipinski definition) is 3. The van der Waals surface area contributed by atoms with Gasteiger partial charge in [-0.2, -0.15) is 0 Å². The Hall–Kier alpha value is -2.66. The Bertz CT molecular complexity index is 802. The third-order valence-electron chi connectivity index (χ3n) is 5.02. The maximum atomic E-state index is 12.2. The molecule has 0 atom stereocenters. The van der Waals surface area contributed by atoms with Gasteiger partial charge in [0.1, 0.15) is 0 Å². The minimum absolute atomic E-state index is 0.0593. The summed E-state index contributed by atoms with van der Waals surface area (Å²) in [6.45, 7) is 5.90. The van der Waals surface area contributed by atoms with Crippen LogP contribution in [0.3, 0.4) is 0 Å². The fourth-order valence-corrected chi connectivity index (χ4v) is 3.36. The van der Waals surface area contributed by atoms with E-state index in [1.165, 1.54) is 26.2 Å². The van der Waals surface area contributed by atoms with Gasteiger partial charge in [-0.3, -0.25) is 9.59 Å². The highest BCUT2D eigenvalue weighted by Crippen LogP contribution is 2.24. The van der Waals surface area contributed by atoms with Gasteiger partial charge in [0.05, 0.1) is 0 Å². The van der Waals surface area contributed by atoms with Crippen LogP contribution in [0.1, 0.15) is 52.4 Å². The van der Waals surface area contributed by atoms with Crippen molar-refractivity contribution >= 4 is 23.2 Å². The fraction of sp³-hybridized carbons (Fsp3) is 0.440. The van der Waals surface area contributed by atoms with Gasteiger partial charge in [-0.1, -0.05) is 44.0 Å². The van der Waals surface area contributed by atoms with Crippen molar-refractivity contribution in [1.82, 2.24) is 4.90 Å². The Balaban J connectivity index is 1.76. The molecule has 5 nitrogen and oxygen atoms in total. The number of benzene rings is 2. The lowest BCUT2D eigenvalue weighted by Gasteiger charge is -2.16. The van der Waals surface area contributed by atoms with Crippen molar-refractivity contribution in [2.45, 2.75) is 52.4 Å². The molecule has 0 radical (unpaired) electrons. The Labute approximate surface area is 180 Å². The van der Waals surface area contributed by atoms with E-state index in [4.69, 9.17) is 0 Å². The number of carbonyl (C=O) groups is 2. The molecule has 30 heavy (non-hydrogen) atoms. The molecule has 0 aliphatic heterocycles. The second-order valence-corrected chi connectivity index (χ2v) is 7.86. The van der Waals surface area contributed by atoms with Gasteiger partial charge in [-0.25, -0.2) is 0 Å². The van der Waals surface area contributed by atoms with Crippen molar-refractivity contribution in [2.24, 2.45) is 0 Å². The monoisotopic (exact) mass is 409 g/mol. The van der Waals surface area contributed by atoms with Crippen molar-refractivity contribution in [3.8, 4) is 11.1 Å². The molecule has 0 fully saturated rings. The summed E-state index contributed by atoms with van der Waals surface area (Å²) in [4.78, 5) is 25.8. The number of anilines is 2. The molecule has 2 rings (SSSR count). The van der Waals surface area contributed by atoms with Crippen LogP contribution in [-0.2, 0) is 9.59 Å². The van der Waals surface area contributed by atoms with Crippen LogP contribution >= 0.6 is 0 Å². The van der Waals surface area contributed by atoms with Gasteiger partial charge in [0.25, 0.3) is 0 Å². The van der Waals surface area contributed by atoms with E-state index >= 15 is 0 Å². The molecule has 0 aliphatic rings. The summed E-state index contributed by atoms with van der Waals surface area (Å²) < 4.78 is 0. The first-order chi connectivity index (χ1) is 14.5. The van der Waals surface area contributed by atoms with Crippen LogP contribution in [0.5, 0.6) is 0 Å². The Morgan fingerprint density at radius 1 is 0.833 bits per heavy atom. The molecule has 0 unspecified atom stereocenters. The largest absolute Gasteiger partial charge is 0.326 e. The Kier molecular flexibility index (Phi) is 10.1. The van der Waals surface area contributed by atoms with Crippen molar-refractivity contribution in [1.29, 1.82) is 0 Å².